The zero-order valence-electron chi connectivity index (χ0n) is 13.7. The molecule has 0 bridgehead atoms. The first-order chi connectivity index (χ1) is 12.0. The third-order valence-electron chi connectivity index (χ3n) is 3.99. The Morgan fingerprint density at radius 1 is 1.12 bits per heavy atom. The molecule has 3 aromatic rings. The third-order valence-corrected chi connectivity index (χ3v) is 3.99. The van der Waals surface area contributed by atoms with Crippen LogP contribution in [0.25, 0.3) is 11.3 Å². The number of carbonyl (C=O) groups is 1. The van der Waals surface area contributed by atoms with E-state index in [0.29, 0.717) is 24.4 Å². The van der Waals surface area contributed by atoms with Gasteiger partial charge in [-0.3, -0.25) is 0 Å². The van der Waals surface area contributed by atoms with Crippen LogP contribution in [0, 0.1) is 0 Å². The monoisotopic (exact) mass is 338 g/mol. The first-order valence-electron chi connectivity index (χ1n) is 7.77. The molecule has 6 heteroatoms. The van der Waals surface area contributed by atoms with Gasteiger partial charge >= 0.3 is 6.09 Å². The van der Waals surface area contributed by atoms with Crippen LogP contribution >= 0.6 is 0 Å². The summed E-state index contributed by atoms with van der Waals surface area (Å²) in [5.74, 6) is 0.881. The van der Waals surface area contributed by atoms with E-state index in [0.717, 1.165) is 16.7 Å². The molecule has 0 radical (unpaired) electrons. The van der Waals surface area contributed by atoms with Gasteiger partial charge in [-0.25, -0.2) is 9.78 Å². The van der Waals surface area contributed by atoms with Gasteiger partial charge in [-0.2, -0.15) is 0 Å². The lowest BCUT2D eigenvalue weighted by Gasteiger charge is -2.15. The quantitative estimate of drug-likeness (QED) is 0.740. The Labute approximate surface area is 145 Å². The number of hydrogen-bond donors (Lipinski definition) is 2. The number of nitrogens with zero attached hydrogens (tertiary/aromatic N) is 2. The zero-order valence-corrected chi connectivity index (χ0v) is 13.7. The Bertz CT molecular complexity index is 871. The molecule has 3 rings (SSSR count). The highest BCUT2D eigenvalue weighted by atomic mass is 16.4. The molecule has 0 aliphatic heterocycles. The number of phenols is 1. The standard InChI is InChI=1S/C19H18N2O4/c1-21(19(23)24)11-15-5-3-2-4-14(15)10-17-18(20-12-25-17)13-6-8-16(22)9-7-13/h2-9,12,22H,10-11H2,1H3,(H,23,24). The number of hydrogen-bond acceptors (Lipinski definition) is 4. The predicted octanol–water partition coefficient (Wildman–Crippen LogP) is 3.75. The summed E-state index contributed by atoms with van der Waals surface area (Å²) in [6.07, 6.45) is 0.919. The van der Waals surface area contributed by atoms with E-state index in [1.165, 1.54) is 18.3 Å². The van der Waals surface area contributed by atoms with E-state index in [1.807, 2.05) is 24.3 Å². The van der Waals surface area contributed by atoms with E-state index in [1.54, 1.807) is 24.3 Å². The fourth-order valence-electron chi connectivity index (χ4n) is 2.63. The number of carboxylic acid groups (broad SMARTS) is 1. The molecule has 0 fully saturated rings. The van der Waals surface area contributed by atoms with Crippen molar-refractivity contribution in [3.8, 4) is 17.0 Å². The van der Waals surface area contributed by atoms with Crippen molar-refractivity contribution in [2.75, 3.05) is 7.05 Å². The van der Waals surface area contributed by atoms with Gasteiger partial charge in [0.05, 0.1) is 0 Å². The average Bonchev–Trinajstić information content (AvgIpc) is 3.05. The topological polar surface area (TPSA) is 86.8 Å². The molecule has 0 spiro atoms. The van der Waals surface area contributed by atoms with Crippen molar-refractivity contribution in [3.63, 3.8) is 0 Å². The largest absolute Gasteiger partial charge is 0.508 e. The van der Waals surface area contributed by atoms with E-state index in [9.17, 15) is 9.90 Å². The van der Waals surface area contributed by atoms with Crippen molar-refractivity contribution >= 4 is 6.09 Å². The summed E-state index contributed by atoms with van der Waals surface area (Å²) in [5.41, 5.74) is 3.45. The van der Waals surface area contributed by atoms with Gasteiger partial charge in [-0.1, -0.05) is 24.3 Å². The minimum absolute atomic E-state index is 0.191. The molecule has 25 heavy (non-hydrogen) atoms. The summed E-state index contributed by atoms with van der Waals surface area (Å²) in [5, 5.41) is 18.5. The van der Waals surface area contributed by atoms with Crippen LogP contribution in [0.1, 0.15) is 16.9 Å². The first kappa shape index (κ1) is 16.6. The molecule has 0 saturated heterocycles. The van der Waals surface area contributed by atoms with E-state index in [4.69, 9.17) is 9.52 Å². The Balaban J connectivity index is 1.88. The molecule has 0 aliphatic carbocycles. The summed E-state index contributed by atoms with van der Waals surface area (Å²) in [4.78, 5) is 16.6. The summed E-state index contributed by atoms with van der Waals surface area (Å²) >= 11 is 0. The van der Waals surface area contributed by atoms with Crippen molar-refractivity contribution in [1.29, 1.82) is 0 Å². The Morgan fingerprint density at radius 3 is 2.48 bits per heavy atom. The lowest BCUT2D eigenvalue weighted by Crippen LogP contribution is -2.24. The minimum atomic E-state index is -0.973. The van der Waals surface area contributed by atoms with Crippen LogP contribution in [0.4, 0.5) is 4.79 Å². The van der Waals surface area contributed by atoms with Crippen molar-refractivity contribution in [3.05, 3.63) is 71.8 Å². The van der Waals surface area contributed by atoms with E-state index in [2.05, 4.69) is 4.98 Å². The molecule has 1 amide bonds. The van der Waals surface area contributed by atoms with Crippen molar-refractivity contribution in [2.45, 2.75) is 13.0 Å². The first-order valence-corrected chi connectivity index (χ1v) is 7.77. The second-order valence-electron chi connectivity index (χ2n) is 5.76. The second kappa shape index (κ2) is 7.09. The maximum absolute atomic E-state index is 11.1. The minimum Gasteiger partial charge on any atom is -0.508 e. The van der Waals surface area contributed by atoms with Crippen molar-refractivity contribution < 1.29 is 19.4 Å². The number of oxazole rings is 1. The van der Waals surface area contributed by atoms with Crippen LogP contribution in [0.15, 0.2) is 59.3 Å². The van der Waals surface area contributed by atoms with Gasteiger partial charge in [0, 0.05) is 25.6 Å². The molecular formula is C19H18N2O4. The Morgan fingerprint density at radius 2 is 1.80 bits per heavy atom. The van der Waals surface area contributed by atoms with Gasteiger partial charge in [0.1, 0.15) is 17.2 Å². The van der Waals surface area contributed by atoms with Crippen LogP contribution in [-0.2, 0) is 13.0 Å². The van der Waals surface area contributed by atoms with Gasteiger partial charge in [-0.05, 0) is 35.4 Å². The average molecular weight is 338 g/mol. The molecule has 1 aromatic heterocycles. The number of aromatic nitrogens is 1. The van der Waals surface area contributed by atoms with Crippen LogP contribution in [0.5, 0.6) is 5.75 Å². The zero-order chi connectivity index (χ0) is 17.8. The molecule has 128 valence electrons. The van der Waals surface area contributed by atoms with E-state index < -0.39 is 6.09 Å². The lowest BCUT2D eigenvalue weighted by atomic mass is 10.0. The fraction of sp³-hybridized carbons (Fsp3) is 0.158. The molecule has 2 N–H and O–H groups in total. The summed E-state index contributed by atoms with van der Waals surface area (Å²) in [6.45, 7) is 0.300. The molecule has 1 heterocycles. The predicted molar refractivity (Wildman–Crippen MR) is 92.3 cm³/mol. The molecule has 0 unspecified atom stereocenters. The highest BCUT2D eigenvalue weighted by Gasteiger charge is 2.15. The van der Waals surface area contributed by atoms with Gasteiger partial charge in [0.15, 0.2) is 6.39 Å². The SMILES string of the molecule is CN(Cc1ccccc1Cc1ocnc1-c1ccc(O)cc1)C(=O)O. The van der Waals surface area contributed by atoms with Gasteiger partial charge < -0.3 is 19.5 Å². The molecule has 2 aromatic carbocycles. The number of aromatic hydroxyl groups is 1. The summed E-state index contributed by atoms with van der Waals surface area (Å²) in [7, 11) is 1.54. The second-order valence-corrected chi connectivity index (χ2v) is 5.76. The van der Waals surface area contributed by atoms with Crippen LogP contribution in [-0.4, -0.2) is 33.2 Å². The van der Waals surface area contributed by atoms with E-state index >= 15 is 0 Å². The molecule has 0 aliphatic rings. The number of amides is 1. The normalized spacial score (nSPS) is 10.6. The summed E-state index contributed by atoms with van der Waals surface area (Å²) in [6, 6.07) is 14.4. The Hall–Kier alpha value is -3.28. The highest BCUT2D eigenvalue weighted by molar-refractivity contribution is 5.65. The molecule has 0 saturated carbocycles. The lowest BCUT2D eigenvalue weighted by molar-refractivity contribution is 0.153. The number of rotatable bonds is 5. The van der Waals surface area contributed by atoms with Crippen LogP contribution in [0.3, 0.4) is 0 Å². The van der Waals surface area contributed by atoms with E-state index in [-0.39, 0.29) is 5.75 Å². The fourth-order valence-corrected chi connectivity index (χ4v) is 2.63. The number of benzene rings is 2. The van der Waals surface area contributed by atoms with Gasteiger partial charge in [0.2, 0.25) is 0 Å². The van der Waals surface area contributed by atoms with Crippen LogP contribution < -0.4 is 0 Å². The van der Waals surface area contributed by atoms with Crippen molar-refractivity contribution in [2.24, 2.45) is 0 Å². The smallest absolute Gasteiger partial charge is 0.407 e. The molecule has 6 nitrogen and oxygen atoms in total. The maximum atomic E-state index is 11.1. The van der Waals surface area contributed by atoms with Gasteiger partial charge in [0.25, 0.3) is 0 Å². The third kappa shape index (κ3) is 3.80. The summed E-state index contributed by atoms with van der Waals surface area (Å²) < 4.78 is 5.56. The maximum Gasteiger partial charge on any atom is 0.407 e. The van der Waals surface area contributed by atoms with Crippen molar-refractivity contribution in [1.82, 2.24) is 9.88 Å². The Kier molecular flexibility index (Phi) is 4.70. The number of phenolic OH excluding ortho intramolecular Hbond substituents is 1. The van der Waals surface area contributed by atoms with Crippen LogP contribution in [0.2, 0.25) is 0 Å². The highest BCUT2D eigenvalue weighted by Crippen LogP contribution is 2.27. The molecular weight excluding hydrogens is 320 g/mol. The van der Waals surface area contributed by atoms with Gasteiger partial charge in [-0.15, -0.1) is 0 Å². The molecule has 0 atom stereocenters.